The van der Waals surface area contributed by atoms with Crippen LogP contribution in [0.1, 0.15) is 44.6 Å². The number of fused-ring (bicyclic) bond motifs is 4. The number of hydrogen-bond acceptors (Lipinski definition) is 5. The summed E-state index contributed by atoms with van der Waals surface area (Å²) in [6.45, 7) is 0. The lowest BCUT2D eigenvalue weighted by Gasteiger charge is -2.17. The first-order valence-electron chi connectivity index (χ1n) is 11.7. The third-order valence-electron chi connectivity index (χ3n) is 7.01. The van der Waals surface area contributed by atoms with E-state index in [1.807, 2.05) is 28.9 Å². The van der Waals surface area contributed by atoms with Crippen LogP contribution < -0.4 is 15.7 Å². The van der Waals surface area contributed by atoms with Gasteiger partial charge in [0.1, 0.15) is 11.4 Å². The Morgan fingerprint density at radius 2 is 1.74 bits per heavy atom. The summed E-state index contributed by atoms with van der Waals surface area (Å²) in [6.07, 6.45) is 6.64. The topological polar surface area (TPSA) is 113 Å². The second kappa shape index (κ2) is 7.83. The third-order valence-corrected chi connectivity index (χ3v) is 7.01. The minimum atomic E-state index is -0.511. The molecule has 174 valence electrons. The quantitative estimate of drug-likeness (QED) is 0.321. The van der Waals surface area contributed by atoms with Gasteiger partial charge in [-0.25, -0.2) is 0 Å². The van der Waals surface area contributed by atoms with Crippen molar-refractivity contribution in [3.8, 4) is 22.6 Å². The van der Waals surface area contributed by atoms with Gasteiger partial charge in [0, 0.05) is 10.9 Å². The number of hydrogen-bond donors (Lipinski definition) is 3. The second-order valence-corrected chi connectivity index (χ2v) is 9.00. The first kappa shape index (κ1) is 20.7. The van der Waals surface area contributed by atoms with Crippen molar-refractivity contribution < 1.29 is 14.3 Å². The van der Waals surface area contributed by atoms with Crippen LogP contribution in [0.2, 0.25) is 0 Å². The fraction of sp³-hybridized carbons (Fsp3) is 0.308. The number of nitrogens with one attached hydrogen (secondary N) is 2. The van der Waals surface area contributed by atoms with E-state index in [0.717, 1.165) is 31.2 Å². The van der Waals surface area contributed by atoms with Gasteiger partial charge < -0.3 is 19.2 Å². The molecule has 6 rings (SSSR count). The summed E-state index contributed by atoms with van der Waals surface area (Å²) < 4.78 is 13.3. The summed E-state index contributed by atoms with van der Waals surface area (Å²) in [5, 5.41) is 14.6. The number of nitrogens with zero attached hydrogens (tertiary/aromatic N) is 1. The predicted octanol–water partition coefficient (Wildman–Crippen LogP) is 5.19. The fourth-order valence-corrected chi connectivity index (χ4v) is 5.29. The first-order valence-corrected chi connectivity index (χ1v) is 11.7. The zero-order valence-corrected chi connectivity index (χ0v) is 18.8. The molecule has 0 atom stereocenters. The van der Waals surface area contributed by atoms with Gasteiger partial charge in [-0.1, -0.05) is 37.8 Å². The number of phenols is 1. The van der Waals surface area contributed by atoms with Crippen LogP contribution >= 0.6 is 0 Å². The minimum absolute atomic E-state index is 0.110. The van der Waals surface area contributed by atoms with E-state index < -0.39 is 11.2 Å². The van der Waals surface area contributed by atoms with E-state index in [1.165, 1.54) is 18.9 Å². The van der Waals surface area contributed by atoms with E-state index >= 15 is 0 Å². The standard InChI is InChI=1S/C26H25N3O5/c1-33-16-10-8-14(9-11-16)19-20-25(29(28-26(20)32)15-6-4-2-3-5-7-15)27-21-17-12-13-18(30)22(31)23(17)34-24(19)21/h8-13,15,27,31H,2-7H2,1H3,(H,28,32). The van der Waals surface area contributed by atoms with Gasteiger partial charge in [-0.3, -0.25) is 19.4 Å². The van der Waals surface area contributed by atoms with Gasteiger partial charge in [-0.05, 0) is 42.7 Å². The SMILES string of the molecule is COc1ccc(-c2c3oc4c(O)c(=O)ccc4c3[nH]c3c2c(=O)[nH]n3C2CCCCCC2)cc1. The Bertz CT molecular complexity index is 1640. The van der Waals surface area contributed by atoms with Crippen molar-refractivity contribution >= 4 is 33.1 Å². The van der Waals surface area contributed by atoms with Crippen molar-refractivity contribution in [2.45, 2.75) is 44.6 Å². The molecule has 1 aliphatic carbocycles. The lowest BCUT2D eigenvalue weighted by atomic mass is 10.0. The number of furan rings is 1. The van der Waals surface area contributed by atoms with Crippen LogP contribution in [0.15, 0.2) is 50.4 Å². The molecule has 0 amide bonds. The fourth-order valence-electron chi connectivity index (χ4n) is 5.29. The van der Waals surface area contributed by atoms with Crippen LogP contribution in [-0.2, 0) is 0 Å². The van der Waals surface area contributed by atoms with E-state index in [-0.39, 0.29) is 17.2 Å². The molecule has 1 aliphatic rings. The molecular weight excluding hydrogens is 434 g/mol. The highest BCUT2D eigenvalue weighted by atomic mass is 16.5. The number of ether oxygens (including phenoxy) is 1. The van der Waals surface area contributed by atoms with E-state index in [9.17, 15) is 14.7 Å². The Morgan fingerprint density at radius 3 is 2.44 bits per heavy atom. The van der Waals surface area contributed by atoms with Crippen LogP contribution in [0.5, 0.6) is 11.5 Å². The molecule has 0 unspecified atom stereocenters. The van der Waals surface area contributed by atoms with Crippen LogP contribution in [0.25, 0.3) is 44.2 Å². The second-order valence-electron chi connectivity index (χ2n) is 9.00. The van der Waals surface area contributed by atoms with Crippen LogP contribution in [0, 0.1) is 0 Å². The molecule has 34 heavy (non-hydrogen) atoms. The molecule has 0 bridgehead atoms. The van der Waals surface area contributed by atoms with Gasteiger partial charge in [0.2, 0.25) is 11.2 Å². The molecule has 0 saturated heterocycles. The number of methoxy groups -OCH3 is 1. The maximum atomic E-state index is 13.4. The molecule has 0 aliphatic heterocycles. The van der Waals surface area contributed by atoms with E-state index in [0.29, 0.717) is 38.8 Å². The monoisotopic (exact) mass is 459 g/mol. The Kier molecular flexibility index (Phi) is 4.76. The molecule has 1 fully saturated rings. The normalized spacial score (nSPS) is 15.3. The smallest absolute Gasteiger partial charge is 0.274 e. The maximum Gasteiger partial charge on any atom is 0.274 e. The molecule has 1 saturated carbocycles. The zero-order valence-electron chi connectivity index (χ0n) is 18.8. The van der Waals surface area contributed by atoms with Crippen LogP contribution in [0.4, 0.5) is 0 Å². The van der Waals surface area contributed by atoms with E-state index in [1.54, 1.807) is 13.2 Å². The average molecular weight is 460 g/mol. The predicted molar refractivity (Wildman–Crippen MR) is 131 cm³/mol. The molecule has 3 heterocycles. The van der Waals surface area contributed by atoms with Crippen molar-refractivity contribution in [3.63, 3.8) is 0 Å². The van der Waals surface area contributed by atoms with E-state index in [2.05, 4.69) is 10.1 Å². The lowest BCUT2D eigenvalue weighted by molar-refractivity contribution is 0.413. The summed E-state index contributed by atoms with van der Waals surface area (Å²) in [4.78, 5) is 28.9. The third kappa shape index (κ3) is 3.05. The average Bonchev–Trinajstić information content (AvgIpc) is 3.25. The number of benzene rings is 2. The number of rotatable bonds is 3. The van der Waals surface area contributed by atoms with Gasteiger partial charge >= 0.3 is 0 Å². The number of aromatic hydroxyl groups is 1. The van der Waals surface area contributed by atoms with Gasteiger partial charge in [0.15, 0.2) is 11.2 Å². The summed E-state index contributed by atoms with van der Waals surface area (Å²) in [6, 6.07) is 10.6. The number of H-pyrrole nitrogens is 2. The summed E-state index contributed by atoms with van der Waals surface area (Å²) in [5.41, 5.74) is 2.50. The molecule has 0 radical (unpaired) electrons. The number of aromatic nitrogens is 3. The van der Waals surface area contributed by atoms with Crippen molar-refractivity contribution in [3.05, 3.63) is 57.0 Å². The largest absolute Gasteiger partial charge is 0.502 e. The molecule has 2 aromatic carbocycles. The number of pyridine rings is 1. The van der Waals surface area contributed by atoms with Crippen molar-refractivity contribution in [2.75, 3.05) is 7.11 Å². The van der Waals surface area contributed by atoms with E-state index in [4.69, 9.17) is 9.15 Å². The van der Waals surface area contributed by atoms with Crippen molar-refractivity contribution in [1.29, 1.82) is 0 Å². The van der Waals surface area contributed by atoms with Crippen molar-refractivity contribution in [2.24, 2.45) is 0 Å². The minimum Gasteiger partial charge on any atom is -0.502 e. The molecular formula is C26H25N3O5. The summed E-state index contributed by atoms with van der Waals surface area (Å²) in [5.74, 6) is 0.259. The Labute approximate surface area is 193 Å². The van der Waals surface area contributed by atoms with Gasteiger partial charge in [-0.2, -0.15) is 0 Å². The molecule has 0 spiro atoms. The highest BCUT2D eigenvalue weighted by Crippen LogP contribution is 2.41. The van der Waals surface area contributed by atoms with Crippen LogP contribution in [0.3, 0.4) is 0 Å². The Hall–Kier alpha value is -3.94. The Morgan fingerprint density at radius 1 is 1.00 bits per heavy atom. The summed E-state index contributed by atoms with van der Waals surface area (Å²) >= 11 is 0. The number of phenolic OH excluding ortho intramolecular Hbond substituents is 1. The first-order chi connectivity index (χ1) is 16.6. The highest BCUT2D eigenvalue weighted by molar-refractivity contribution is 6.15. The maximum absolute atomic E-state index is 13.4. The van der Waals surface area contributed by atoms with Gasteiger partial charge in [0.05, 0.1) is 24.1 Å². The zero-order chi connectivity index (χ0) is 23.4. The van der Waals surface area contributed by atoms with Crippen LogP contribution in [-0.4, -0.2) is 27.0 Å². The van der Waals surface area contributed by atoms with Gasteiger partial charge in [-0.15, -0.1) is 0 Å². The molecule has 5 aromatic rings. The molecule has 3 N–H and O–H groups in total. The van der Waals surface area contributed by atoms with Gasteiger partial charge in [0.25, 0.3) is 5.56 Å². The molecule has 3 aromatic heterocycles. The summed E-state index contributed by atoms with van der Waals surface area (Å²) in [7, 11) is 1.60. The number of aromatic amines is 2. The highest BCUT2D eigenvalue weighted by Gasteiger charge is 2.25. The molecule has 8 heteroatoms. The Balaban J connectivity index is 1.74. The molecule has 8 nitrogen and oxygen atoms in total. The van der Waals surface area contributed by atoms with Crippen molar-refractivity contribution in [1.82, 2.24) is 14.8 Å². The lowest BCUT2D eigenvalue weighted by Crippen LogP contribution is -2.13.